The van der Waals surface area contributed by atoms with Crippen molar-refractivity contribution < 1.29 is 4.74 Å². The summed E-state index contributed by atoms with van der Waals surface area (Å²) in [4.78, 5) is 10.4. The number of nitrogen functional groups attached to an aromatic ring is 1. The Bertz CT molecular complexity index is 689. The van der Waals surface area contributed by atoms with E-state index < -0.39 is 0 Å². The summed E-state index contributed by atoms with van der Waals surface area (Å²) in [5, 5.41) is 0.311. The second-order valence-electron chi connectivity index (χ2n) is 4.69. The van der Waals surface area contributed by atoms with E-state index in [1.807, 2.05) is 24.3 Å². The molecule has 2 N–H and O–H groups in total. The minimum Gasteiger partial charge on any atom is -0.491 e. The smallest absolute Gasteiger partial charge is 0.223 e. The highest BCUT2D eigenvalue weighted by atomic mass is 35.5. The van der Waals surface area contributed by atoms with E-state index in [1.165, 1.54) is 0 Å². The van der Waals surface area contributed by atoms with Crippen molar-refractivity contribution in [3.8, 4) is 5.75 Å². The van der Waals surface area contributed by atoms with Crippen LogP contribution < -0.4 is 15.4 Å². The van der Waals surface area contributed by atoms with Crippen LogP contribution in [0.4, 0.5) is 11.8 Å². The highest BCUT2D eigenvalue weighted by Gasteiger charge is 2.20. The van der Waals surface area contributed by atoms with Gasteiger partial charge in [-0.05, 0) is 6.07 Å². The van der Waals surface area contributed by atoms with E-state index in [0.717, 1.165) is 11.3 Å². The summed E-state index contributed by atoms with van der Waals surface area (Å²) >= 11 is 6.13. The summed E-state index contributed by atoms with van der Waals surface area (Å²) in [6, 6.07) is 7.95. The summed E-state index contributed by atoms with van der Waals surface area (Å²) in [5.74, 6) is 1.73. The van der Waals surface area contributed by atoms with Gasteiger partial charge in [-0.2, -0.15) is 4.98 Å². The third kappa shape index (κ3) is 2.64. The van der Waals surface area contributed by atoms with Crippen molar-refractivity contribution in [1.82, 2.24) is 9.97 Å². The fraction of sp³-hybridized carbons (Fsp3) is 0.200. The highest BCUT2D eigenvalue weighted by Crippen LogP contribution is 2.30. The Morgan fingerprint density at radius 3 is 2.95 bits per heavy atom. The minimum atomic E-state index is 0.152. The normalized spacial score (nSPS) is 14.0. The second kappa shape index (κ2) is 5.61. The lowest BCUT2D eigenvalue weighted by Gasteiger charge is -2.23. The summed E-state index contributed by atoms with van der Waals surface area (Å²) in [7, 11) is 0. The number of ether oxygens (including phenoxy) is 1. The molecule has 2 heterocycles. The zero-order valence-electron chi connectivity index (χ0n) is 11.4. The van der Waals surface area contributed by atoms with E-state index in [-0.39, 0.29) is 5.95 Å². The first-order valence-electron chi connectivity index (χ1n) is 6.60. The highest BCUT2D eigenvalue weighted by molar-refractivity contribution is 6.31. The number of fused-ring (bicyclic) bond motifs is 1. The maximum atomic E-state index is 6.13. The van der Waals surface area contributed by atoms with Gasteiger partial charge in [-0.15, -0.1) is 0 Å². The van der Waals surface area contributed by atoms with E-state index in [0.29, 0.717) is 36.2 Å². The van der Waals surface area contributed by atoms with Crippen LogP contribution in [0.15, 0.2) is 30.8 Å². The van der Waals surface area contributed by atoms with Crippen LogP contribution in [0, 0.1) is 0 Å². The number of aromatic nitrogens is 2. The summed E-state index contributed by atoms with van der Waals surface area (Å²) in [6.45, 7) is 5.70. The standard InChI is InChI=1S/C15H15ClN4O/c1-2-11-13(16)18-15(17)19-14(11)20-7-8-21-12-6-4-3-5-10(12)9-20/h2-6H,1,7-9H2,(H2,17,18,19). The van der Waals surface area contributed by atoms with Crippen LogP contribution in [-0.2, 0) is 6.54 Å². The molecule has 1 aliphatic rings. The molecule has 0 saturated carbocycles. The molecule has 108 valence electrons. The van der Waals surface area contributed by atoms with Crippen molar-refractivity contribution in [2.45, 2.75) is 6.54 Å². The fourth-order valence-corrected chi connectivity index (χ4v) is 2.62. The maximum Gasteiger partial charge on any atom is 0.223 e. The molecular formula is C15H15ClN4O. The zero-order chi connectivity index (χ0) is 14.8. The number of nitrogens with zero attached hydrogens (tertiary/aromatic N) is 3. The predicted molar refractivity (Wildman–Crippen MR) is 84.5 cm³/mol. The first kappa shape index (κ1) is 13.7. The number of para-hydroxylation sites is 1. The third-order valence-corrected chi connectivity index (χ3v) is 3.64. The molecular weight excluding hydrogens is 288 g/mol. The van der Waals surface area contributed by atoms with Crippen LogP contribution >= 0.6 is 11.6 Å². The van der Waals surface area contributed by atoms with Crippen molar-refractivity contribution in [1.29, 1.82) is 0 Å². The Labute approximate surface area is 128 Å². The van der Waals surface area contributed by atoms with Crippen LogP contribution in [0.2, 0.25) is 5.15 Å². The van der Waals surface area contributed by atoms with Gasteiger partial charge >= 0.3 is 0 Å². The van der Waals surface area contributed by atoms with Gasteiger partial charge in [-0.1, -0.05) is 42.5 Å². The van der Waals surface area contributed by atoms with Crippen molar-refractivity contribution in [3.05, 3.63) is 47.1 Å². The van der Waals surface area contributed by atoms with Crippen LogP contribution in [0.25, 0.3) is 6.08 Å². The lowest BCUT2D eigenvalue weighted by molar-refractivity contribution is 0.331. The number of rotatable bonds is 2. The van der Waals surface area contributed by atoms with Gasteiger partial charge in [0.25, 0.3) is 0 Å². The van der Waals surface area contributed by atoms with Gasteiger partial charge in [0.2, 0.25) is 5.95 Å². The molecule has 1 aromatic heterocycles. The van der Waals surface area contributed by atoms with Crippen molar-refractivity contribution in [3.63, 3.8) is 0 Å². The number of hydrogen-bond donors (Lipinski definition) is 1. The zero-order valence-corrected chi connectivity index (χ0v) is 12.2. The topological polar surface area (TPSA) is 64.3 Å². The van der Waals surface area contributed by atoms with E-state index in [4.69, 9.17) is 22.1 Å². The molecule has 0 atom stereocenters. The SMILES string of the molecule is C=Cc1c(Cl)nc(N)nc1N1CCOc2ccccc2C1. The monoisotopic (exact) mass is 302 g/mol. The van der Waals surface area contributed by atoms with Gasteiger partial charge < -0.3 is 15.4 Å². The first-order chi connectivity index (χ1) is 10.2. The molecule has 3 rings (SSSR count). The average Bonchev–Trinajstić information content (AvgIpc) is 2.68. The number of halogens is 1. The van der Waals surface area contributed by atoms with E-state index in [1.54, 1.807) is 6.08 Å². The van der Waals surface area contributed by atoms with Crippen LogP contribution in [0.3, 0.4) is 0 Å². The second-order valence-corrected chi connectivity index (χ2v) is 5.05. The van der Waals surface area contributed by atoms with Crippen LogP contribution in [0.5, 0.6) is 5.75 Å². The summed E-state index contributed by atoms with van der Waals surface area (Å²) in [6.07, 6.45) is 1.65. The molecule has 5 nitrogen and oxygen atoms in total. The van der Waals surface area contributed by atoms with E-state index in [9.17, 15) is 0 Å². The molecule has 0 fully saturated rings. The number of benzene rings is 1. The molecule has 0 saturated heterocycles. The lowest BCUT2D eigenvalue weighted by Crippen LogP contribution is -2.27. The molecule has 0 radical (unpaired) electrons. The average molecular weight is 303 g/mol. The van der Waals surface area contributed by atoms with Gasteiger partial charge in [0.1, 0.15) is 23.3 Å². The Kier molecular flexibility index (Phi) is 3.66. The van der Waals surface area contributed by atoms with Crippen molar-refractivity contribution in [2.24, 2.45) is 0 Å². The molecule has 0 amide bonds. The third-order valence-electron chi connectivity index (χ3n) is 3.35. The molecule has 0 aliphatic carbocycles. The predicted octanol–water partition coefficient (Wildman–Crippen LogP) is 2.75. The van der Waals surface area contributed by atoms with Gasteiger partial charge in [0, 0.05) is 12.1 Å². The molecule has 0 bridgehead atoms. The molecule has 1 aromatic carbocycles. The Morgan fingerprint density at radius 2 is 2.14 bits per heavy atom. The maximum absolute atomic E-state index is 6.13. The first-order valence-corrected chi connectivity index (χ1v) is 6.98. The van der Waals surface area contributed by atoms with Crippen LogP contribution in [0.1, 0.15) is 11.1 Å². The number of hydrogen-bond acceptors (Lipinski definition) is 5. The molecule has 6 heteroatoms. The molecule has 1 aliphatic heterocycles. The number of anilines is 2. The Morgan fingerprint density at radius 1 is 1.33 bits per heavy atom. The number of nitrogens with two attached hydrogens (primary N) is 1. The van der Waals surface area contributed by atoms with Gasteiger partial charge in [-0.25, -0.2) is 4.98 Å². The quantitative estimate of drug-likeness (QED) is 0.864. The summed E-state index contributed by atoms with van der Waals surface area (Å²) in [5.41, 5.74) is 7.51. The molecule has 21 heavy (non-hydrogen) atoms. The van der Waals surface area contributed by atoms with Gasteiger partial charge in [0.15, 0.2) is 0 Å². The molecule has 0 unspecified atom stereocenters. The minimum absolute atomic E-state index is 0.152. The fourth-order valence-electron chi connectivity index (χ4n) is 2.37. The largest absolute Gasteiger partial charge is 0.491 e. The molecule has 2 aromatic rings. The van der Waals surface area contributed by atoms with Crippen molar-refractivity contribution >= 4 is 29.4 Å². The van der Waals surface area contributed by atoms with Crippen molar-refractivity contribution in [2.75, 3.05) is 23.8 Å². The summed E-state index contributed by atoms with van der Waals surface area (Å²) < 4.78 is 5.76. The van der Waals surface area contributed by atoms with Crippen LogP contribution in [-0.4, -0.2) is 23.1 Å². The Hall–Kier alpha value is -2.27. The molecule has 0 spiro atoms. The van der Waals surface area contributed by atoms with E-state index >= 15 is 0 Å². The lowest BCUT2D eigenvalue weighted by atomic mass is 10.2. The Balaban J connectivity index is 2.03. The van der Waals surface area contributed by atoms with Gasteiger partial charge in [-0.3, -0.25) is 0 Å². The van der Waals surface area contributed by atoms with E-state index in [2.05, 4.69) is 21.4 Å². The van der Waals surface area contributed by atoms with Gasteiger partial charge in [0.05, 0.1) is 12.1 Å².